The van der Waals surface area contributed by atoms with E-state index in [1.54, 1.807) is 6.92 Å². The lowest BCUT2D eigenvalue weighted by Crippen LogP contribution is -2.09. The van der Waals surface area contributed by atoms with Crippen LogP contribution in [0.2, 0.25) is 0 Å². The van der Waals surface area contributed by atoms with Gasteiger partial charge in [-0.25, -0.2) is 4.79 Å². The molecule has 0 aliphatic carbocycles. The fraction of sp³-hybridized carbons (Fsp3) is 0.333. The number of rotatable bonds is 2. The third-order valence-electron chi connectivity index (χ3n) is 0.700. The first-order valence-corrected chi connectivity index (χ1v) is 2.38. The van der Waals surface area contributed by atoms with Gasteiger partial charge < -0.3 is 5.11 Å². The smallest absolute Gasteiger partial charge is 0.350 e. The number of nitrogens with one attached hydrogen (secondary N) is 1. The van der Waals surface area contributed by atoms with Gasteiger partial charge in [0.2, 0.25) is 0 Å². The molecule has 0 rings (SSSR count). The summed E-state index contributed by atoms with van der Waals surface area (Å²) in [6.07, 6.45) is 0.0336. The van der Waals surface area contributed by atoms with E-state index in [0.29, 0.717) is 0 Å². The van der Waals surface area contributed by atoms with Crippen molar-refractivity contribution in [2.75, 3.05) is 0 Å². The normalized spacial score (nSPS) is 7.22. The fourth-order valence-electron chi connectivity index (χ4n) is 0.252. The zero-order chi connectivity index (χ0) is 7.28. The van der Waals surface area contributed by atoms with Crippen molar-refractivity contribution in [3.05, 3.63) is 0 Å². The van der Waals surface area contributed by atoms with Crippen LogP contribution in [0, 0.1) is 17.3 Å². The summed E-state index contributed by atoms with van der Waals surface area (Å²) in [5.74, 6) is 3.78. The molecular formula is C6H7NO2. The molecule has 0 aliphatic heterocycles. The van der Waals surface area contributed by atoms with Gasteiger partial charge in [-0.05, 0) is 6.92 Å². The first kappa shape index (κ1) is 7.70. The summed E-state index contributed by atoms with van der Waals surface area (Å²) in [6, 6.07) is 0. The van der Waals surface area contributed by atoms with Crippen LogP contribution in [-0.4, -0.2) is 16.8 Å². The largest absolute Gasteiger partial charge is 0.477 e. The minimum absolute atomic E-state index is 0.0336. The molecule has 0 bridgehead atoms. The molecule has 0 unspecified atom stereocenters. The fourth-order valence-corrected chi connectivity index (χ4v) is 0.252. The second-order valence-corrected chi connectivity index (χ2v) is 1.39. The van der Waals surface area contributed by atoms with Gasteiger partial charge in [-0.3, -0.25) is 5.41 Å². The zero-order valence-electron chi connectivity index (χ0n) is 5.06. The number of aliphatic carboxylic acids is 1. The Hall–Kier alpha value is -1.30. The highest BCUT2D eigenvalue weighted by atomic mass is 16.4. The SMILES string of the molecule is CC#CCC(=N)C(=O)O. The quantitative estimate of drug-likeness (QED) is 0.417. The van der Waals surface area contributed by atoms with Crippen LogP contribution in [0.25, 0.3) is 0 Å². The number of hydrogen-bond donors (Lipinski definition) is 2. The van der Waals surface area contributed by atoms with Crippen LogP contribution in [-0.2, 0) is 4.79 Å². The first-order chi connectivity index (χ1) is 4.18. The van der Waals surface area contributed by atoms with E-state index in [4.69, 9.17) is 10.5 Å². The van der Waals surface area contributed by atoms with E-state index in [1.165, 1.54) is 0 Å². The van der Waals surface area contributed by atoms with E-state index in [-0.39, 0.29) is 12.1 Å². The lowest BCUT2D eigenvalue weighted by molar-refractivity contribution is -0.129. The van der Waals surface area contributed by atoms with E-state index >= 15 is 0 Å². The maximum atomic E-state index is 9.91. The molecule has 0 fully saturated rings. The van der Waals surface area contributed by atoms with Gasteiger partial charge >= 0.3 is 5.97 Å². The molecule has 0 amide bonds. The van der Waals surface area contributed by atoms with Crippen molar-refractivity contribution in [3.63, 3.8) is 0 Å². The lowest BCUT2D eigenvalue weighted by atomic mass is 10.3. The number of carboxylic acid groups (broad SMARTS) is 1. The zero-order valence-corrected chi connectivity index (χ0v) is 5.06. The van der Waals surface area contributed by atoms with Gasteiger partial charge in [0.1, 0.15) is 5.71 Å². The van der Waals surface area contributed by atoms with E-state index in [1.807, 2.05) is 0 Å². The first-order valence-electron chi connectivity index (χ1n) is 2.38. The van der Waals surface area contributed by atoms with Crippen molar-refractivity contribution in [3.8, 4) is 11.8 Å². The minimum atomic E-state index is -1.20. The summed E-state index contributed by atoms with van der Waals surface area (Å²) in [4.78, 5) is 9.91. The van der Waals surface area contributed by atoms with Gasteiger partial charge in [0.25, 0.3) is 0 Å². The minimum Gasteiger partial charge on any atom is -0.477 e. The Morgan fingerprint density at radius 2 is 2.33 bits per heavy atom. The van der Waals surface area contributed by atoms with Crippen LogP contribution in [0.3, 0.4) is 0 Å². The van der Waals surface area contributed by atoms with Gasteiger partial charge in [0.15, 0.2) is 0 Å². The Morgan fingerprint density at radius 3 is 2.67 bits per heavy atom. The predicted octanol–water partition coefficient (Wildman–Crippen LogP) is 0.504. The summed E-state index contributed by atoms with van der Waals surface area (Å²) in [5, 5.41) is 14.9. The Kier molecular flexibility index (Phi) is 3.14. The lowest BCUT2D eigenvalue weighted by Gasteiger charge is -1.85. The molecule has 9 heavy (non-hydrogen) atoms. The number of hydrogen-bond acceptors (Lipinski definition) is 2. The van der Waals surface area contributed by atoms with Gasteiger partial charge in [0, 0.05) is 0 Å². The van der Waals surface area contributed by atoms with Gasteiger partial charge in [0.05, 0.1) is 6.42 Å². The van der Waals surface area contributed by atoms with Gasteiger partial charge in [-0.2, -0.15) is 0 Å². The molecule has 0 saturated heterocycles. The molecule has 0 saturated carbocycles. The standard InChI is InChI=1S/C6H7NO2/c1-2-3-4-5(7)6(8)9/h7H,4H2,1H3,(H,8,9). The molecule has 3 nitrogen and oxygen atoms in total. The molecule has 0 aliphatic rings. The summed E-state index contributed by atoms with van der Waals surface area (Å²) in [6.45, 7) is 1.61. The summed E-state index contributed by atoms with van der Waals surface area (Å²) in [7, 11) is 0. The molecule has 0 aromatic heterocycles. The molecule has 48 valence electrons. The van der Waals surface area contributed by atoms with Crippen molar-refractivity contribution in [1.82, 2.24) is 0 Å². The van der Waals surface area contributed by atoms with E-state index in [9.17, 15) is 4.79 Å². The highest BCUT2D eigenvalue weighted by Crippen LogP contribution is 1.79. The number of carbonyl (C=O) groups is 1. The average Bonchev–Trinajstić information content (AvgIpc) is 1.82. The molecule has 3 heteroatoms. The van der Waals surface area contributed by atoms with Crippen molar-refractivity contribution in [2.45, 2.75) is 13.3 Å². The molecule has 0 radical (unpaired) electrons. The van der Waals surface area contributed by atoms with Gasteiger partial charge in [-0.15, -0.1) is 5.92 Å². The molecule has 0 spiro atoms. The summed E-state index contributed by atoms with van der Waals surface area (Å²) in [5.41, 5.74) is -0.357. The van der Waals surface area contributed by atoms with Crippen molar-refractivity contribution < 1.29 is 9.90 Å². The third kappa shape index (κ3) is 3.30. The van der Waals surface area contributed by atoms with Crippen LogP contribution in [0.5, 0.6) is 0 Å². The maximum absolute atomic E-state index is 9.91. The molecule has 0 atom stereocenters. The van der Waals surface area contributed by atoms with Crippen LogP contribution >= 0.6 is 0 Å². The molecule has 0 aromatic rings. The maximum Gasteiger partial charge on any atom is 0.350 e. The molecular weight excluding hydrogens is 118 g/mol. The van der Waals surface area contributed by atoms with Crippen molar-refractivity contribution in [1.29, 1.82) is 5.41 Å². The van der Waals surface area contributed by atoms with Crippen molar-refractivity contribution in [2.24, 2.45) is 0 Å². The van der Waals surface area contributed by atoms with Crippen molar-refractivity contribution >= 4 is 11.7 Å². The Balaban J connectivity index is 3.74. The third-order valence-corrected chi connectivity index (χ3v) is 0.700. The Labute approximate surface area is 53.2 Å². The Bertz CT molecular complexity index is 185. The predicted molar refractivity (Wildman–Crippen MR) is 33.4 cm³/mol. The molecule has 2 N–H and O–H groups in total. The Morgan fingerprint density at radius 1 is 1.78 bits per heavy atom. The van der Waals surface area contributed by atoms with Crippen LogP contribution in [0.15, 0.2) is 0 Å². The highest BCUT2D eigenvalue weighted by molar-refractivity contribution is 6.34. The molecule has 0 heterocycles. The summed E-state index contributed by atoms with van der Waals surface area (Å²) >= 11 is 0. The van der Waals surface area contributed by atoms with Crippen LogP contribution in [0.4, 0.5) is 0 Å². The average molecular weight is 125 g/mol. The highest BCUT2D eigenvalue weighted by Gasteiger charge is 2.01. The molecule has 0 aromatic carbocycles. The van der Waals surface area contributed by atoms with E-state index in [0.717, 1.165) is 0 Å². The van der Waals surface area contributed by atoms with Gasteiger partial charge in [-0.1, -0.05) is 5.92 Å². The number of carboxylic acids is 1. The van der Waals surface area contributed by atoms with E-state index < -0.39 is 5.97 Å². The second-order valence-electron chi connectivity index (χ2n) is 1.39. The monoisotopic (exact) mass is 125 g/mol. The topological polar surface area (TPSA) is 61.2 Å². The summed E-state index contributed by atoms with van der Waals surface area (Å²) < 4.78 is 0. The van der Waals surface area contributed by atoms with Crippen LogP contribution < -0.4 is 0 Å². The van der Waals surface area contributed by atoms with E-state index in [2.05, 4.69) is 11.8 Å². The second kappa shape index (κ2) is 3.67. The van der Waals surface area contributed by atoms with Crippen LogP contribution in [0.1, 0.15) is 13.3 Å².